The number of hydrogen-bond acceptors (Lipinski definition) is 6. The molecule has 0 bridgehead atoms. The molecule has 7 nitrogen and oxygen atoms in total. The highest BCUT2D eigenvalue weighted by molar-refractivity contribution is 5.96. The Morgan fingerprint density at radius 2 is 1.93 bits per heavy atom. The summed E-state index contributed by atoms with van der Waals surface area (Å²) < 4.78 is 27.9. The number of carbonyl (C=O) groups is 1. The molecule has 9 heteroatoms. The molecule has 1 saturated carbocycles. The third-order valence-corrected chi connectivity index (χ3v) is 5.32. The van der Waals surface area contributed by atoms with Crippen molar-refractivity contribution in [3.63, 3.8) is 0 Å². The van der Waals surface area contributed by atoms with Crippen molar-refractivity contribution in [3.8, 4) is 16.9 Å². The number of aromatic nitrogens is 3. The van der Waals surface area contributed by atoms with Crippen LogP contribution in [0.5, 0.6) is 5.75 Å². The molecule has 30 heavy (non-hydrogen) atoms. The van der Waals surface area contributed by atoms with Crippen molar-refractivity contribution in [2.45, 2.75) is 24.4 Å². The molecule has 1 aliphatic rings. The number of pyridine rings is 1. The highest BCUT2D eigenvalue weighted by atomic mass is 19.1. The number of nitrogens with two attached hydrogens (primary N) is 1. The maximum absolute atomic E-state index is 14.2. The molecule has 1 amide bonds. The zero-order valence-electron chi connectivity index (χ0n) is 15.8. The number of anilines is 1. The lowest BCUT2D eigenvalue weighted by Crippen LogP contribution is -2.49. The topological polar surface area (TPSA) is 114 Å². The van der Waals surface area contributed by atoms with Crippen molar-refractivity contribution >= 4 is 11.9 Å². The lowest BCUT2D eigenvalue weighted by atomic mass is 9.65. The largest absolute Gasteiger partial charge is 0.507 e. The van der Waals surface area contributed by atoms with Crippen molar-refractivity contribution in [3.05, 3.63) is 66.0 Å². The number of phenols is 1. The van der Waals surface area contributed by atoms with E-state index in [0.29, 0.717) is 17.1 Å². The first-order valence-electron chi connectivity index (χ1n) is 9.32. The Morgan fingerprint density at radius 3 is 2.57 bits per heavy atom. The summed E-state index contributed by atoms with van der Waals surface area (Å²) in [5, 5.41) is 12.7. The van der Waals surface area contributed by atoms with E-state index in [0.717, 1.165) is 0 Å². The molecule has 154 valence electrons. The summed E-state index contributed by atoms with van der Waals surface area (Å²) in [7, 11) is 0. The van der Waals surface area contributed by atoms with Crippen molar-refractivity contribution in [1.29, 1.82) is 0 Å². The van der Waals surface area contributed by atoms with Gasteiger partial charge in [-0.3, -0.25) is 9.78 Å². The van der Waals surface area contributed by atoms with Crippen LogP contribution in [0.15, 0.2) is 48.9 Å². The molecule has 1 aliphatic carbocycles. The fourth-order valence-electron chi connectivity index (χ4n) is 3.72. The predicted octanol–water partition coefficient (Wildman–Crippen LogP) is 2.96. The van der Waals surface area contributed by atoms with Gasteiger partial charge in [0.15, 0.2) is 0 Å². The Labute approximate surface area is 171 Å². The van der Waals surface area contributed by atoms with Crippen LogP contribution < -0.4 is 11.1 Å². The third kappa shape index (κ3) is 3.66. The van der Waals surface area contributed by atoms with E-state index >= 15 is 0 Å². The van der Waals surface area contributed by atoms with Gasteiger partial charge in [-0.1, -0.05) is 6.07 Å². The van der Waals surface area contributed by atoms with Crippen LogP contribution in [0.1, 0.15) is 28.9 Å². The molecular weight excluding hydrogens is 392 g/mol. The Bertz CT molecular complexity index is 1090. The number of primary amides is 1. The van der Waals surface area contributed by atoms with Gasteiger partial charge in [-0.2, -0.15) is 0 Å². The number of aromatic hydroxyl groups is 1. The number of alkyl halides is 1. The molecule has 0 unspecified atom stereocenters. The van der Waals surface area contributed by atoms with Gasteiger partial charge in [0, 0.05) is 36.1 Å². The summed E-state index contributed by atoms with van der Waals surface area (Å²) in [6, 6.07) is 7.26. The number of carbonyl (C=O) groups excluding carboxylic acids is 1. The lowest BCUT2D eigenvalue weighted by molar-refractivity contribution is 0.0963. The fraction of sp³-hybridized carbons (Fsp3) is 0.238. The quantitative estimate of drug-likeness (QED) is 0.575. The highest BCUT2D eigenvalue weighted by Crippen LogP contribution is 2.45. The average Bonchev–Trinajstić information content (AvgIpc) is 2.71. The van der Waals surface area contributed by atoms with Crippen LogP contribution in [0.25, 0.3) is 11.1 Å². The highest BCUT2D eigenvalue weighted by Gasteiger charge is 2.48. The number of rotatable bonds is 6. The second kappa shape index (κ2) is 7.66. The standard InChI is InChI=1S/C21H19F2N5O2/c22-14-7-21(8-14,18-16(23)2-1-5-25-18)11-28-20-26-9-13(10-27-20)12-3-4-17(29)15(6-12)19(24)30/h1-6,9-10,14,29H,7-8,11H2,(H2,24,30)(H,26,27,28). The molecule has 3 aromatic rings. The molecule has 2 aromatic heterocycles. The van der Waals surface area contributed by atoms with E-state index in [4.69, 9.17) is 5.73 Å². The maximum Gasteiger partial charge on any atom is 0.252 e. The molecule has 2 heterocycles. The van der Waals surface area contributed by atoms with Crippen LogP contribution in [0, 0.1) is 5.82 Å². The maximum atomic E-state index is 14.2. The number of hydrogen-bond donors (Lipinski definition) is 3. The van der Waals surface area contributed by atoms with Crippen LogP contribution in [-0.2, 0) is 5.41 Å². The second-order valence-electron chi connectivity index (χ2n) is 7.36. The fourth-order valence-corrected chi connectivity index (χ4v) is 3.72. The minimum absolute atomic E-state index is 0.000193. The first-order chi connectivity index (χ1) is 14.4. The molecular formula is C21H19F2N5O2. The van der Waals surface area contributed by atoms with Gasteiger partial charge in [-0.05, 0) is 42.7 Å². The number of benzene rings is 1. The van der Waals surface area contributed by atoms with Gasteiger partial charge in [-0.15, -0.1) is 0 Å². The minimum atomic E-state index is -0.995. The zero-order valence-corrected chi connectivity index (χ0v) is 15.8. The van der Waals surface area contributed by atoms with E-state index in [1.165, 1.54) is 30.5 Å². The Balaban J connectivity index is 1.51. The summed E-state index contributed by atoms with van der Waals surface area (Å²) >= 11 is 0. The molecule has 0 aliphatic heterocycles. The molecule has 1 fully saturated rings. The van der Waals surface area contributed by atoms with E-state index in [1.807, 2.05) is 0 Å². The van der Waals surface area contributed by atoms with Gasteiger partial charge in [-0.25, -0.2) is 18.7 Å². The van der Waals surface area contributed by atoms with Gasteiger partial charge in [0.05, 0.1) is 11.3 Å². The summed E-state index contributed by atoms with van der Waals surface area (Å²) in [5.74, 6) is -1.11. The number of halogens is 2. The van der Waals surface area contributed by atoms with Crippen LogP contribution >= 0.6 is 0 Å². The second-order valence-corrected chi connectivity index (χ2v) is 7.36. The summed E-state index contributed by atoms with van der Waals surface area (Å²) in [5.41, 5.74) is 5.97. The lowest BCUT2D eigenvalue weighted by Gasteiger charge is -2.43. The Kier molecular flexibility index (Phi) is 5.03. The van der Waals surface area contributed by atoms with Crippen LogP contribution in [0.3, 0.4) is 0 Å². The molecule has 0 atom stereocenters. The van der Waals surface area contributed by atoms with Crippen molar-refractivity contribution in [1.82, 2.24) is 15.0 Å². The van der Waals surface area contributed by atoms with Crippen molar-refractivity contribution < 1.29 is 18.7 Å². The van der Waals surface area contributed by atoms with Crippen LogP contribution in [-0.4, -0.2) is 38.7 Å². The van der Waals surface area contributed by atoms with Gasteiger partial charge in [0.25, 0.3) is 5.91 Å². The van der Waals surface area contributed by atoms with Crippen molar-refractivity contribution in [2.24, 2.45) is 5.73 Å². The van der Waals surface area contributed by atoms with Gasteiger partial charge in [0.1, 0.15) is 17.7 Å². The smallest absolute Gasteiger partial charge is 0.252 e. The Morgan fingerprint density at radius 1 is 1.20 bits per heavy atom. The van der Waals surface area contributed by atoms with E-state index < -0.39 is 23.3 Å². The molecule has 4 rings (SSSR count). The summed E-state index contributed by atoms with van der Waals surface area (Å²) in [6.45, 7) is 0.242. The predicted molar refractivity (Wildman–Crippen MR) is 106 cm³/mol. The number of nitrogens with zero attached hydrogens (tertiary/aromatic N) is 3. The van der Waals surface area contributed by atoms with Gasteiger partial charge < -0.3 is 16.2 Å². The monoisotopic (exact) mass is 411 g/mol. The van der Waals surface area contributed by atoms with E-state index in [-0.39, 0.29) is 36.4 Å². The molecule has 0 saturated heterocycles. The molecule has 0 spiro atoms. The van der Waals surface area contributed by atoms with Gasteiger partial charge in [0.2, 0.25) is 5.95 Å². The first-order valence-corrected chi connectivity index (χ1v) is 9.32. The average molecular weight is 411 g/mol. The zero-order chi connectivity index (χ0) is 21.3. The molecule has 0 radical (unpaired) electrons. The SMILES string of the molecule is NC(=O)c1cc(-c2cnc(NCC3(c4ncccc4F)CC(F)C3)nc2)ccc1O. The third-order valence-electron chi connectivity index (χ3n) is 5.32. The number of nitrogens with one attached hydrogen (secondary N) is 1. The summed E-state index contributed by atoms with van der Waals surface area (Å²) in [4.78, 5) is 24.0. The summed E-state index contributed by atoms with van der Waals surface area (Å²) in [6.07, 6.45) is 3.93. The molecule has 4 N–H and O–H groups in total. The normalized spacial score (nSPS) is 20.4. The van der Waals surface area contributed by atoms with E-state index in [2.05, 4.69) is 20.3 Å². The van der Waals surface area contributed by atoms with Crippen LogP contribution in [0.4, 0.5) is 14.7 Å². The Hall–Kier alpha value is -3.62. The number of amides is 1. The van der Waals surface area contributed by atoms with Crippen LogP contribution in [0.2, 0.25) is 0 Å². The first kappa shape index (κ1) is 19.7. The van der Waals surface area contributed by atoms with Crippen molar-refractivity contribution in [2.75, 3.05) is 11.9 Å². The molecule has 1 aromatic carbocycles. The van der Waals surface area contributed by atoms with E-state index in [1.54, 1.807) is 18.5 Å². The van der Waals surface area contributed by atoms with Gasteiger partial charge >= 0.3 is 0 Å². The van der Waals surface area contributed by atoms with E-state index in [9.17, 15) is 18.7 Å². The minimum Gasteiger partial charge on any atom is -0.507 e.